The zero-order chi connectivity index (χ0) is 21.2. The number of benzene rings is 1. The maximum absolute atomic E-state index is 12.8. The molecule has 1 aliphatic heterocycles. The van der Waals surface area contributed by atoms with Crippen LogP contribution in [0, 0.1) is 0 Å². The van der Waals surface area contributed by atoms with Gasteiger partial charge in [-0.15, -0.1) is 0 Å². The minimum absolute atomic E-state index is 0.148. The third-order valence-electron chi connectivity index (χ3n) is 4.92. The normalized spacial score (nSPS) is 16.4. The lowest BCUT2D eigenvalue weighted by Crippen LogP contribution is -2.45. The number of rotatable bonds is 4. The molecule has 1 unspecified atom stereocenters. The van der Waals surface area contributed by atoms with Crippen molar-refractivity contribution >= 4 is 17.7 Å². The molecule has 0 saturated heterocycles. The average molecular weight is 418 g/mol. The number of carbonyl (C=O) groups excluding carboxylic acids is 1. The number of fused-ring (bicyclic) bond motifs is 1. The summed E-state index contributed by atoms with van der Waals surface area (Å²) in [5.41, 5.74) is 1.37. The summed E-state index contributed by atoms with van der Waals surface area (Å²) in [6, 6.07) is 6.89. The number of hydrogen-bond acceptors (Lipinski definition) is 4. The van der Waals surface area contributed by atoms with Crippen LogP contribution < -0.4 is 5.56 Å². The van der Waals surface area contributed by atoms with E-state index < -0.39 is 5.60 Å². The van der Waals surface area contributed by atoms with Gasteiger partial charge >= 0.3 is 6.09 Å². The van der Waals surface area contributed by atoms with Gasteiger partial charge < -0.3 is 9.72 Å². The first-order chi connectivity index (χ1) is 13.7. The first-order valence-corrected chi connectivity index (χ1v) is 10.5. The van der Waals surface area contributed by atoms with E-state index in [0.29, 0.717) is 35.1 Å². The average Bonchev–Trinajstić information content (AvgIpc) is 2.65. The van der Waals surface area contributed by atoms with Crippen molar-refractivity contribution < 1.29 is 9.53 Å². The Kier molecular flexibility index (Phi) is 6.32. The molecule has 2 aromatic rings. The van der Waals surface area contributed by atoms with Crippen molar-refractivity contribution in [2.75, 3.05) is 6.54 Å². The van der Waals surface area contributed by atoms with Crippen LogP contribution in [0.3, 0.4) is 0 Å². The zero-order valence-corrected chi connectivity index (χ0v) is 18.2. The van der Waals surface area contributed by atoms with Crippen molar-refractivity contribution in [1.82, 2.24) is 14.9 Å². The molecule has 1 aromatic carbocycles. The number of aromatic amines is 1. The van der Waals surface area contributed by atoms with E-state index in [1.807, 2.05) is 32.9 Å². The smallest absolute Gasteiger partial charge is 0.410 e. The van der Waals surface area contributed by atoms with Gasteiger partial charge in [0.1, 0.15) is 11.4 Å². The second-order valence-electron chi connectivity index (χ2n) is 8.37. The Balaban J connectivity index is 2.03. The van der Waals surface area contributed by atoms with Crippen molar-refractivity contribution in [3.05, 3.63) is 50.9 Å². The zero-order valence-electron chi connectivity index (χ0n) is 17.4. The Labute approximate surface area is 176 Å². The van der Waals surface area contributed by atoms with Gasteiger partial charge in [0.15, 0.2) is 0 Å². The first kappa shape index (κ1) is 21.4. The lowest BCUT2D eigenvalue weighted by atomic mass is 9.94. The molecule has 0 spiro atoms. The minimum Gasteiger partial charge on any atom is -0.444 e. The van der Waals surface area contributed by atoms with Gasteiger partial charge in [0.2, 0.25) is 0 Å². The maximum Gasteiger partial charge on any atom is 0.410 e. The van der Waals surface area contributed by atoms with Gasteiger partial charge in [-0.05, 0) is 57.9 Å². The third kappa shape index (κ3) is 4.99. The lowest BCUT2D eigenvalue weighted by molar-refractivity contribution is 0.0123. The maximum atomic E-state index is 12.8. The number of halogens is 1. The molecule has 1 aromatic heterocycles. The van der Waals surface area contributed by atoms with Crippen LogP contribution in [0.2, 0.25) is 5.02 Å². The molecule has 1 amide bonds. The van der Waals surface area contributed by atoms with Gasteiger partial charge in [0, 0.05) is 22.7 Å². The van der Waals surface area contributed by atoms with Gasteiger partial charge in [0.25, 0.3) is 5.56 Å². The number of ether oxygens (including phenoxy) is 1. The van der Waals surface area contributed by atoms with Crippen molar-refractivity contribution in [2.24, 2.45) is 0 Å². The van der Waals surface area contributed by atoms with Crippen LogP contribution in [-0.2, 0) is 11.2 Å². The lowest BCUT2D eigenvalue weighted by Gasteiger charge is -2.37. The number of aromatic nitrogens is 2. The second kappa shape index (κ2) is 8.57. The van der Waals surface area contributed by atoms with Crippen LogP contribution in [0.1, 0.15) is 64.3 Å². The Hall–Kier alpha value is -2.34. The van der Waals surface area contributed by atoms with E-state index in [4.69, 9.17) is 21.3 Å². The highest BCUT2D eigenvalue weighted by Gasteiger charge is 2.35. The molecule has 1 N–H and O–H groups in total. The predicted molar refractivity (Wildman–Crippen MR) is 114 cm³/mol. The highest BCUT2D eigenvalue weighted by molar-refractivity contribution is 6.30. The van der Waals surface area contributed by atoms with Crippen LogP contribution in [0.25, 0.3) is 11.4 Å². The quantitative estimate of drug-likeness (QED) is 0.749. The van der Waals surface area contributed by atoms with Gasteiger partial charge in [-0.25, -0.2) is 9.78 Å². The monoisotopic (exact) mass is 417 g/mol. The molecular formula is C22H28ClN3O3. The largest absolute Gasteiger partial charge is 0.444 e. The fourth-order valence-corrected chi connectivity index (χ4v) is 3.67. The molecule has 0 radical (unpaired) electrons. The molecule has 0 fully saturated rings. The second-order valence-corrected chi connectivity index (χ2v) is 8.80. The van der Waals surface area contributed by atoms with E-state index in [1.54, 1.807) is 17.0 Å². The standard InChI is InChI=1S/C22H28ClN3O3/c1-5-6-7-17-18-16(12-13-26(17)21(28)29-22(2,3)4)20(27)25-19(24-18)14-8-10-15(23)11-9-14/h8-11,17H,5-7,12-13H2,1-4H3,(H,24,25,27). The summed E-state index contributed by atoms with van der Waals surface area (Å²) in [7, 11) is 0. The summed E-state index contributed by atoms with van der Waals surface area (Å²) < 4.78 is 5.62. The Morgan fingerprint density at radius 2 is 2.00 bits per heavy atom. The molecule has 1 atom stereocenters. The van der Waals surface area contributed by atoms with Crippen LogP contribution >= 0.6 is 11.6 Å². The topological polar surface area (TPSA) is 75.3 Å². The summed E-state index contributed by atoms with van der Waals surface area (Å²) in [6.45, 7) is 8.11. The summed E-state index contributed by atoms with van der Waals surface area (Å²) in [5, 5.41) is 0.617. The number of H-pyrrole nitrogens is 1. The minimum atomic E-state index is -0.581. The number of amides is 1. The molecule has 6 nitrogen and oxygen atoms in total. The molecule has 7 heteroatoms. The molecule has 0 bridgehead atoms. The van der Waals surface area contributed by atoms with Crippen LogP contribution in [0.15, 0.2) is 29.1 Å². The van der Waals surface area contributed by atoms with Crippen LogP contribution in [0.4, 0.5) is 4.79 Å². The predicted octanol–water partition coefficient (Wildman–Crippen LogP) is 5.11. The molecule has 1 aliphatic rings. The van der Waals surface area contributed by atoms with Gasteiger partial charge in [-0.2, -0.15) is 0 Å². The van der Waals surface area contributed by atoms with Crippen LogP contribution in [0.5, 0.6) is 0 Å². The Bertz CT molecular complexity index is 932. The molecule has 2 heterocycles. The van der Waals surface area contributed by atoms with Gasteiger partial charge in [-0.1, -0.05) is 31.4 Å². The number of nitrogens with zero attached hydrogens (tertiary/aromatic N) is 2. The highest BCUT2D eigenvalue weighted by Crippen LogP contribution is 2.33. The summed E-state index contributed by atoms with van der Waals surface area (Å²) in [4.78, 5) is 35.0. The molecule has 156 valence electrons. The summed E-state index contributed by atoms with van der Waals surface area (Å²) in [6.07, 6.45) is 2.74. The van der Waals surface area contributed by atoms with E-state index in [1.165, 1.54) is 0 Å². The van der Waals surface area contributed by atoms with E-state index >= 15 is 0 Å². The molecule has 0 saturated carbocycles. The van der Waals surface area contributed by atoms with Crippen LogP contribution in [-0.4, -0.2) is 33.1 Å². The highest BCUT2D eigenvalue weighted by atomic mass is 35.5. The number of nitrogens with one attached hydrogen (secondary N) is 1. The summed E-state index contributed by atoms with van der Waals surface area (Å²) in [5.74, 6) is 0.484. The molecule has 0 aliphatic carbocycles. The van der Waals surface area contributed by atoms with Gasteiger partial charge in [0.05, 0.1) is 11.7 Å². The first-order valence-electron chi connectivity index (χ1n) is 10.1. The van der Waals surface area contributed by atoms with Crippen molar-refractivity contribution in [1.29, 1.82) is 0 Å². The SMILES string of the molecule is CCCCC1c2nc(-c3ccc(Cl)cc3)[nH]c(=O)c2CCN1C(=O)OC(C)(C)C. The van der Waals surface area contributed by atoms with Crippen molar-refractivity contribution in [3.8, 4) is 11.4 Å². The van der Waals surface area contributed by atoms with E-state index in [9.17, 15) is 9.59 Å². The fourth-order valence-electron chi connectivity index (χ4n) is 3.54. The number of carbonyl (C=O) groups is 1. The molecule has 29 heavy (non-hydrogen) atoms. The third-order valence-corrected chi connectivity index (χ3v) is 5.17. The van der Waals surface area contributed by atoms with E-state index in [2.05, 4.69) is 11.9 Å². The summed E-state index contributed by atoms with van der Waals surface area (Å²) >= 11 is 5.98. The van der Waals surface area contributed by atoms with E-state index in [0.717, 1.165) is 24.8 Å². The molecule has 3 rings (SSSR count). The fraction of sp³-hybridized carbons (Fsp3) is 0.500. The van der Waals surface area contributed by atoms with Crippen molar-refractivity contribution in [2.45, 2.75) is 65.0 Å². The number of unbranched alkanes of at least 4 members (excludes halogenated alkanes) is 1. The number of hydrogen-bond donors (Lipinski definition) is 1. The van der Waals surface area contributed by atoms with Crippen molar-refractivity contribution in [3.63, 3.8) is 0 Å². The Morgan fingerprint density at radius 3 is 2.62 bits per heavy atom. The van der Waals surface area contributed by atoms with Gasteiger partial charge in [-0.3, -0.25) is 9.69 Å². The Morgan fingerprint density at radius 1 is 1.31 bits per heavy atom. The van der Waals surface area contributed by atoms with E-state index in [-0.39, 0.29) is 17.7 Å². The molecular weight excluding hydrogens is 390 g/mol.